The van der Waals surface area contributed by atoms with Crippen LogP contribution in [-0.4, -0.2) is 20.4 Å². The first-order valence-electron chi connectivity index (χ1n) is 5.20. The van der Waals surface area contributed by atoms with Gasteiger partial charge in [0.15, 0.2) is 0 Å². The molecule has 1 aliphatic rings. The summed E-state index contributed by atoms with van der Waals surface area (Å²) in [6.07, 6.45) is 1.38. The Hall–Kier alpha value is -1.07. The van der Waals surface area contributed by atoms with Crippen molar-refractivity contribution in [2.24, 2.45) is 0 Å². The standard InChI is InChI=1S/C11H12ClNO3S/c1-7(14)13-10-4-8-2-3-11(17(12,15)16)6-9(8)5-10/h2-3,6,10H,4-5H2,1H3,(H,13,14). The molecular formula is C11H12ClNO3S. The molecular weight excluding hydrogens is 262 g/mol. The summed E-state index contributed by atoms with van der Waals surface area (Å²) in [6, 6.07) is 4.89. The molecule has 1 N–H and O–H groups in total. The van der Waals surface area contributed by atoms with Crippen molar-refractivity contribution in [3.05, 3.63) is 29.3 Å². The van der Waals surface area contributed by atoms with E-state index in [0.717, 1.165) is 17.5 Å². The number of hydrogen-bond donors (Lipinski definition) is 1. The zero-order valence-corrected chi connectivity index (χ0v) is 10.8. The van der Waals surface area contributed by atoms with Gasteiger partial charge in [0, 0.05) is 23.6 Å². The third-order valence-electron chi connectivity index (χ3n) is 2.80. The Balaban J connectivity index is 2.25. The van der Waals surface area contributed by atoms with Crippen LogP contribution < -0.4 is 5.32 Å². The number of hydrogen-bond acceptors (Lipinski definition) is 3. The molecule has 0 spiro atoms. The maximum atomic E-state index is 11.2. The molecule has 6 heteroatoms. The van der Waals surface area contributed by atoms with Gasteiger partial charge in [0.25, 0.3) is 9.05 Å². The zero-order chi connectivity index (χ0) is 12.6. The SMILES string of the molecule is CC(=O)NC1Cc2ccc(S(=O)(=O)Cl)cc2C1. The van der Waals surface area contributed by atoms with Gasteiger partial charge in [-0.15, -0.1) is 0 Å². The lowest BCUT2D eigenvalue weighted by Crippen LogP contribution is -2.33. The number of amides is 1. The Labute approximate surface area is 104 Å². The van der Waals surface area contributed by atoms with Gasteiger partial charge < -0.3 is 5.32 Å². The first kappa shape index (κ1) is 12.4. The maximum Gasteiger partial charge on any atom is 0.261 e. The topological polar surface area (TPSA) is 63.2 Å². The van der Waals surface area contributed by atoms with E-state index in [9.17, 15) is 13.2 Å². The van der Waals surface area contributed by atoms with E-state index in [-0.39, 0.29) is 16.8 Å². The number of halogens is 1. The number of fused-ring (bicyclic) bond motifs is 1. The third kappa shape index (κ3) is 2.79. The molecule has 1 unspecified atom stereocenters. The summed E-state index contributed by atoms with van der Waals surface area (Å²) >= 11 is 0. The maximum absolute atomic E-state index is 11.2. The fraction of sp³-hybridized carbons (Fsp3) is 0.364. The zero-order valence-electron chi connectivity index (χ0n) is 9.23. The van der Waals surface area contributed by atoms with Crippen molar-refractivity contribution in [2.75, 3.05) is 0 Å². The first-order chi connectivity index (χ1) is 7.86. The van der Waals surface area contributed by atoms with E-state index >= 15 is 0 Å². The summed E-state index contributed by atoms with van der Waals surface area (Å²) in [6.45, 7) is 1.47. The van der Waals surface area contributed by atoms with Crippen molar-refractivity contribution < 1.29 is 13.2 Å². The van der Waals surface area contributed by atoms with Gasteiger partial charge >= 0.3 is 0 Å². The van der Waals surface area contributed by atoms with E-state index in [1.165, 1.54) is 13.0 Å². The molecule has 0 saturated carbocycles. The van der Waals surface area contributed by atoms with E-state index < -0.39 is 9.05 Å². The molecule has 2 rings (SSSR count). The van der Waals surface area contributed by atoms with Crippen molar-refractivity contribution >= 4 is 25.6 Å². The Morgan fingerprint density at radius 1 is 1.35 bits per heavy atom. The third-order valence-corrected chi connectivity index (χ3v) is 4.15. The number of carbonyl (C=O) groups is 1. The number of nitrogens with one attached hydrogen (secondary N) is 1. The number of carbonyl (C=O) groups excluding carboxylic acids is 1. The second-order valence-electron chi connectivity index (χ2n) is 4.17. The van der Waals surface area contributed by atoms with Gasteiger partial charge in [-0.2, -0.15) is 0 Å². The smallest absolute Gasteiger partial charge is 0.261 e. The average molecular weight is 274 g/mol. The molecule has 1 atom stereocenters. The Kier molecular flexibility index (Phi) is 3.14. The second-order valence-corrected chi connectivity index (χ2v) is 6.74. The van der Waals surface area contributed by atoms with Gasteiger partial charge in [0.1, 0.15) is 0 Å². The molecule has 1 amide bonds. The Morgan fingerprint density at radius 2 is 2.00 bits per heavy atom. The van der Waals surface area contributed by atoms with E-state index in [0.29, 0.717) is 6.42 Å². The summed E-state index contributed by atoms with van der Waals surface area (Å²) in [5.74, 6) is -0.0759. The molecule has 0 bridgehead atoms. The molecule has 4 nitrogen and oxygen atoms in total. The summed E-state index contributed by atoms with van der Waals surface area (Å²) in [5.41, 5.74) is 2.00. The fourth-order valence-electron chi connectivity index (χ4n) is 2.14. The van der Waals surface area contributed by atoms with Crippen LogP contribution in [0.1, 0.15) is 18.1 Å². The highest BCUT2D eigenvalue weighted by Gasteiger charge is 2.23. The highest BCUT2D eigenvalue weighted by atomic mass is 35.7. The van der Waals surface area contributed by atoms with Crippen molar-refractivity contribution in [2.45, 2.75) is 30.7 Å². The molecule has 0 radical (unpaired) electrons. The minimum atomic E-state index is -3.68. The van der Waals surface area contributed by atoms with Crippen LogP contribution in [0.5, 0.6) is 0 Å². The average Bonchev–Trinajstić information content (AvgIpc) is 2.55. The lowest BCUT2D eigenvalue weighted by molar-refractivity contribution is -0.119. The lowest BCUT2D eigenvalue weighted by atomic mass is 10.1. The van der Waals surface area contributed by atoms with E-state index in [4.69, 9.17) is 10.7 Å². The molecule has 92 valence electrons. The molecule has 0 saturated heterocycles. The summed E-state index contributed by atoms with van der Waals surface area (Å²) < 4.78 is 22.4. The number of rotatable bonds is 2. The van der Waals surface area contributed by atoms with E-state index in [2.05, 4.69) is 5.32 Å². The quantitative estimate of drug-likeness (QED) is 0.824. The fourth-order valence-corrected chi connectivity index (χ4v) is 2.94. The van der Waals surface area contributed by atoms with Crippen LogP contribution >= 0.6 is 10.7 Å². The van der Waals surface area contributed by atoms with Crippen LogP contribution in [0.2, 0.25) is 0 Å². The Bertz CT molecular complexity index is 568. The predicted molar refractivity (Wildman–Crippen MR) is 64.5 cm³/mol. The van der Waals surface area contributed by atoms with E-state index in [1.54, 1.807) is 12.1 Å². The highest BCUT2D eigenvalue weighted by Crippen LogP contribution is 2.26. The van der Waals surface area contributed by atoms with Crippen LogP contribution in [0, 0.1) is 0 Å². The van der Waals surface area contributed by atoms with Crippen LogP contribution in [0.15, 0.2) is 23.1 Å². The van der Waals surface area contributed by atoms with Crippen molar-refractivity contribution in [3.8, 4) is 0 Å². The highest BCUT2D eigenvalue weighted by molar-refractivity contribution is 8.13. The Morgan fingerprint density at radius 3 is 2.59 bits per heavy atom. The lowest BCUT2D eigenvalue weighted by Gasteiger charge is -2.08. The minimum absolute atomic E-state index is 0.0516. The monoisotopic (exact) mass is 273 g/mol. The van der Waals surface area contributed by atoms with Gasteiger partial charge in [0.05, 0.1) is 4.90 Å². The summed E-state index contributed by atoms with van der Waals surface area (Å²) in [4.78, 5) is 11.1. The van der Waals surface area contributed by atoms with Crippen LogP contribution in [-0.2, 0) is 26.7 Å². The summed E-state index contributed by atoms with van der Waals surface area (Å²) in [7, 11) is 1.60. The largest absolute Gasteiger partial charge is 0.353 e. The van der Waals surface area contributed by atoms with E-state index in [1.807, 2.05) is 0 Å². The molecule has 1 aromatic rings. The molecule has 17 heavy (non-hydrogen) atoms. The molecule has 1 aromatic carbocycles. The van der Waals surface area contributed by atoms with Crippen molar-refractivity contribution in [3.63, 3.8) is 0 Å². The normalized spacial score (nSPS) is 18.8. The van der Waals surface area contributed by atoms with Crippen LogP contribution in [0.3, 0.4) is 0 Å². The molecule has 0 heterocycles. The van der Waals surface area contributed by atoms with Gasteiger partial charge in [-0.3, -0.25) is 4.79 Å². The molecule has 0 aromatic heterocycles. The predicted octanol–water partition coefficient (Wildman–Crippen LogP) is 1.22. The van der Waals surface area contributed by atoms with Crippen molar-refractivity contribution in [1.82, 2.24) is 5.32 Å². The number of benzene rings is 1. The molecule has 1 aliphatic carbocycles. The van der Waals surface area contributed by atoms with Crippen molar-refractivity contribution in [1.29, 1.82) is 0 Å². The van der Waals surface area contributed by atoms with Gasteiger partial charge in [-0.05, 0) is 36.1 Å². The van der Waals surface area contributed by atoms with Gasteiger partial charge in [-0.1, -0.05) is 6.07 Å². The van der Waals surface area contributed by atoms with Crippen LogP contribution in [0.4, 0.5) is 0 Å². The second kappa shape index (κ2) is 4.31. The van der Waals surface area contributed by atoms with Gasteiger partial charge in [-0.25, -0.2) is 8.42 Å². The summed E-state index contributed by atoms with van der Waals surface area (Å²) in [5, 5.41) is 2.83. The first-order valence-corrected chi connectivity index (χ1v) is 7.51. The minimum Gasteiger partial charge on any atom is -0.353 e. The van der Waals surface area contributed by atoms with Gasteiger partial charge in [0.2, 0.25) is 5.91 Å². The molecule has 0 fully saturated rings. The van der Waals surface area contributed by atoms with Crippen LogP contribution in [0.25, 0.3) is 0 Å². The molecule has 0 aliphatic heterocycles.